The highest BCUT2D eigenvalue weighted by Gasteiger charge is 2.42. The molecule has 0 radical (unpaired) electrons. The summed E-state index contributed by atoms with van der Waals surface area (Å²) < 4.78 is 13.4. The Labute approximate surface area is 125 Å². The zero-order valence-electron chi connectivity index (χ0n) is 12.6. The summed E-state index contributed by atoms with van der Waals surface area (Å²) in [6.45, 7) is 4.18. The predicted molar refractivity (Wildman–Crippen MR) is 80.9 cm³/mol. The second kappa shape index (κ2) is 5.76. The normalized spacial score (nSPS) is 21.5. The van der Waals surface area contributed by atoms with Crippen LogP contribution in [0.5, 0.6) is 0 Å². The maximum absolute atomic E-state index is 13.4. The molecule has 21 heavy (non-hydrogen) atoms. The monoisotopic (exact) mass is 290 g/mol. The lowest BCUT2D eigenvalue weighted by atomic mass is 9.78. The molecule has 1 amide bonds. The highest BCUT2D eigenvalue weighted by atomic mass is 19.1. The Morgan fingerprint density at radius 2 is 2.05 bits per heavy atom. The summed E-state index contributed by atoms with van der Waals surface area (Å²) in [5.74, 6) is -0.194. The Morgan fingerprint density at radius 1 is 1.29 bits per heavy atom. The van der Waals surface area contributed by atoms with E-state index in [4.69, 9.17) is 0 Å². The van der Waals surface area contributed by atoms with Gasteiger partial charge in [-0.15, -0.1) is 0 Å². The van der Waals surface area contributed by atoms with Gasteiger partial charge in [-0.25, -0.2) is 4.39 Å². The van der Waals surface area contributed by atoms with Crippen LogP contribution in [0.4, 0.5) is 4.39 Å². The number of hydrogen-bond donors (Lipinski definition) is 1. The standard InChI is InChI=1S/C17H23FN2O/c1-13-11-14(5-6-15(13)18)16(21)20-10-9-19-12-17(20)7-3-2-4-8-17/h5-6,11,19H,2-4,7-10,12H2,1H3. The van der Waals surface area contributed by atoms with Crippen molar-refractivity contribution >= 4 is 5.91 Å². The molecule has 2 fully saturated rings. The molecule has 1 aromatic rings. The molecule has 0 aromatic heterocycles. The van der Waals surface area contributed by atoms with Crippen LogP contribution in [0.15, 0.2) is 18.2 Å². The van der Waals surface area contributed by atoms with Gasteiger partial charge in [0.05, 0.1) is 5.54 Å². The van der Waals surface area contributed by atoms with E-state index in [0.717, 1.165) is 32.5 Å². The highest BCUT2D eigenvalue weighted by molar-refractivity contribution is 5.95. The molecule has 3 nitrogen and oxygen atoms in total. The van der Waals surface area contributed by atoms with Crippen LogP contribution in [-0.4, -0.2) is 36.0 Å². The van der Waals surface area contributed by atoms with Crippen molar-refractivity contribution in [3.05, 3.63) is 35.1 Å². The number of aryl methyl sites for hydroxylation is 1. The van der Waals surface area contributed by atoms with E-state index >= 15 is 0 Å². The minimum Gasteiger partial charge on any atom is -0.330 e. The number of carbonyl (C=O) groups is 1. The molecule has 1 aliphatic heterocycles. The number of hydrogen-bond acceptors (Lipinski definition) is 2. The quantitative estimate of drug-likeness (QED) is 0.862. The van der Waals surface area contributed by atoms with Crippen molar-refractivity contribution in [2.24, 2.45) is 0 Å². The number of halogens is 1. The van der Waals surface area contributed by atoms with Gasteiger partial charge in [0.2, 0.25) is 0 Å². The van der Waals surface area contributed by atoms with Crippen LogP contribution in [0.3, 0.4) is 0 Å². The van der Waals surface area contributed by atoms with E-state index in [-0.39, 0.29) is 17.3 Å². The van der Waals surface area contributed by atoms with Crippen LogP contribution in [0, 0.1) is 12.7 Å². The SMILES string of the molecule is Cc1cc(C(=O)N2CCNCC23CCCCC3)ccc1F. The molecular weight excluding hydrogens is 267 g/mol. The van der Waals surface area contributed by atoms with E-state index in [9.17, 15) is 9.18 Å². The van der Waals surface area contributed by atoms with Crippen molar-refractivity contribution in [3.63, 3.8) is 0 Å². The minimum atomic E-state index is -0.251. The van der Waals surface area contributed by atoms with E-state index in [1.807, 2.05) is 0 Å². The molecule has 2 aliphatic rings. The lowest BCUT2D eigenvalue weighted by Gasteiger charge is -2.49. The van der Waals surface area contributed by atoms with Crippen molar-refractivity contribution in [2.75, 3.05) is 19.6 Å². The molecule has 1 aliphatic carbocycles. The number of benzene rings is 1. The van der Waals surface area contributed by atoms with Crippen LogP contribution in [0.1, 0.15) is 48.0 Å². The third-order valence-electron chi connectivity index (χ3n) is 4.97. The topological polar surface area (TPSA) is 32.3 Å². The molecule has 4 heteroatoms. The number of nitrogens with one attached hydrogen (secondary N) is 1. The van der Waals surface area contributed by atoms with Gasteiger partial charge in [0, 0.05) is 25.2 Å². The van der Waals surface area contributed by atoms with Crippen LogP contribution >= 0.6 is 0 Å². The van der Waals surface area contributed by atoms with Crippen molar-refractivity contribution in [2.45, 2.75) is 44.6 Å². The summed E-state index contributed by atoms with van der Waals surface area (Å²) in [6, 6.07) is 4.69. The van der Waals surface area contributed by atoms with Crippen molar-refractivity contribution in [1.29, 1.82) is 0 Å². The average molecular weight is 290 g/mol. The fraction of sp³-hybridized carbons (Fsp3) is 0.588. The molecule has 114 valence electrons. The largest absolute Gasteiger partial charge is 0.330 e. The van der Waals surface area contributed by atoms with Gasteiger partial charge in [0.1, 0.15) is 5.82 Å². The van der Waals surface area contributed by atoms with Gasteiger partial charge in [-0.05, 0) is 43.5 Å². The average Bonchev–Trinajstić information content (AvgIpc) is 2.51. The first-order valence-electron chi connectivity index (χ1n) is 7.91. The Hall–Kier alpha value is -1.42. The summed E-state index contributed by atoms with van der Waals surface area (Å²) >= 11 is 0. The molecular formula is C17H23FN2O. The first kappa shape index (κ1) is 14.5. The zero-order chi connectivity index (χ0) is 14.9. The van der Waals surface area contributed by atoms with Gasteiger partial charge in [0.25, 0.3) is 5.91 Å². The summed E-state index contributed by atoms with van der Waals surface area (Å²) in [4.78, 5) is 15.0. The molecule has 1 saturated carbocycles. The molecule has 0 atom stereocenters. The van der Waals surface area contributed by atoms with Gasteiger partial charge in [-0.1, -0.05) is 19.3 Å². The second-order valence-corrected chi connectivity index (χ2v) is 6.38. The Kier molecular flexibility index (Phi) is 3.98. The first-order chi connectivity index (χ1) is 10.1. The number of piperazine rings is 1. The first-order valence-corrected chi connectivity index (χ1v) is 7.91. The lowest BCUT2D eigenvalue weighted by Crippen LogP contribution is -2.63. The third-order valence-corrected chi connectivity index (χ3v) is 4.97. The summed E-state index contributed by atoms with van der Waals surface area (Å²) in [7, 11) is 0. The molecule has 1 saturated heterocycles. The van der Waals surface area contributed by atoms with Gasteiger partial charge in [-0.3, -0.25) is 4.79 Å². The van der Waals surface area contributed by atoms with E-state index in [2.05, 4.69) is 10.2 Å². The zero-order valence-corrected chi connectivity index (χ0v) is 12.6. The molecule has 1 spiro atoms. The van der Waals surface area contributed by atoms with E-state index < -0.39 is 0 Å². The minimum absolute atomic E-state index is 0.0319. The molecule has 1 N–H and O–H groups in total. The van der Waals surface area contributed by atoms with Crippen molar-refractivity contribution < 1.29 is 9.18 Å². The number of rotatable bonds is 1. The number of nitrogens with zero attached hydrogens (tertiary/aromatic N) is 1. The van der Waals surface area contributed by atoms with Crippen LogP contribution in [-0.2, 0) is 0 Å². The van der Waals surface area contributed by atoms with E-state index in [0.29, 0.717) is 11.1 Å². The number of amides is 1. The molecule has 0 unspecified atom stereocenters. The Bertz CT molecular complexity index is 529. The molecule has 3 rings (SSSR count). The molecule has 1 heterocycles. The predicted octanol–water partition coefficient (Wildman–Crippen LogP) is 2.88. The molecule has 1 aromatic carbocycles. The van der Waals surface area contributed by atoms with E-state index in [1.165, 1.54) is 25.3 Å². The van der Waals surface area contributed by atoms with Crippen LogP contribution in [0.2, 0.25) is 0 Å². The second-order valence-electron chi connectivity index (χ2n) is 6.38. The fourth-order valence-corrected chi connectivity index (χ4v) is 3.75. The summed E-state index contributed by atoms with van der Waals surface area (Å²) in [5, 5.41) is 3.45. The van der Waals surface area contributed by atoms with Crippen molar-refractivity contribution in [1.82, 2.24) is 10.2 Å². The highest BCUT2D eigenvalue weighted by Crippen LogP contribution is 2.35. The summed E-state index contributed by atoms with van der Waals surface area (Å²) in [6.07, 6.45) is 5.79. The smallest absolute Gasteiger partial charge is 0.254 e. The lowest BCUT2D eigenvalue weighted by molar-refractivity contribution is 0.0222. The Morgan fingerprint density at radius 3 is 2.76 bits per heavy atom. The van der Waals surface area contributed by atoms with Crippen LogP contribution in [0.25, 0.3) is 0 Å². The van der Waals surface area contributed by atoms with Gasteiger partial charge in [-0.2, -0.15) is 0 Å². The maximum atomic E-state index is 13.4. The fourth-order valence-electron chi connectivity index (χ4n) is 3.75. The third kappa shape index (κ3) is 2.69. The van der Waals surface area contributed by atoms with Gasteiger partial charge in [0.15, 0.2) is 0 Å². The van der Waals surface area contributed by atoms with Crippen LogP contribution < -0.4 is 5.32 Å². The summed E-state index contributed by atoms with van der Waals surface area (Å²) in [5.41, 5.74) is 1.12. The Balaban J connectivity index is 1.88. The van der Waals surface area contributed by atoms with Crippen molar-refractivity contribution in [3.8, 4) is 0 Å². The van der Waals surface area contributed by atoms with Gasteiger partial charge < -0.3 is 10.2 Å². The van der Waals surface area contributed by atoms with Gasteiger partial charge >= 0.3 is 0 Å². The van der Waals surface area contributed by atoms with E-state index in [1.54, 1.807) is 19.1 Å². The maximum Gasteiger partial charge on any atom is 0.254 e. The number of carbonyl (C=O) groups excluding carboxylic acids is 1. The molecule has 0 bridgehead atoms.